The Kier molecular flexibility index (Phi) is 11.1. The second-order valence-corrected chi connectivity index (χ2v) is 14.7. The number of carbonyl (C=O) groups excluding carboxylic acids is 4. The van der Waals surface area contributed by atoms with Gasteiger partial charge < -0.3 is 44.9 Å². The lowest BCUT2D eigenvalue weighted by Gasteiger charge is -2.44. The molecule has 4 heterocycles. The summed E-state index contributed by atoms with van der Waals surface area (Å²) < 4.78 is 26.5. The highest BCUT2D eigenvalue weighted by molar-refractivity contribution is 8.01. The average molecular weight is 761 g/mol. The first-order valence-corrected chi connectivity index (χ1v) is 17.2. The first kappa shape index (κ1) is 38.4. The second-order valence-electron chi connectivity index (χ2n) is 12.9. The topological polar surface area (TPSA) is 194 Å². The number of nitrogens with two attached hydrogens (primary N) is 1. The first-order valence-electron chi connectivity index (χ1n) is 16.3. The van der Waals surface area contributed by atoms with Crippen LogP contribution in [0.25, 0.3) is 10.9 Å². The van der Waals surface area contributed by atoms with Crippen LogP contribution in [0.4, 0.5) is 14.9 Å². The largest absolute Gasteiger partial charge is 0.477 e. The van der Waals surface area contributed by atoms with E-state index in [0.29, 0.717) is 17.6 Å². The molecule has 3 amide bonds. The molecule has 3 fully saturated rings. The molecule has 4 N–H and O–H groups in total. The third kappa shape index (κ3) is 6.99. The number of aryl methyl sites for hydroxylation is 1. The minimum atomic E-state index is -1.39. The molecule has 6 rings (SSSR count). The van der Waals surface area contributed by atoms with Gasteiger partial charge in [0.15, 0.2) is 0 Å². The lowest BCUT2D eigenvalue weighted by atomic mass is 9.95. The molecular weight excluding hydrogens is 723 g/mol. The smallest absolute Gasteiger partial charge is 0.412 e. The van der Waals surface area contributed by atoms with Gasteiger partial charge >= 0.3 is 18.0 Å². The number of nitrogens with one attached hydrogen (secondary N) is 1. The maximum atomic E-state index is 15.2. The zero-order chi connectivity index (χ0) is 36.8. The van der Waals surface area contributed by atoms with Gasteiger partial charge in [-0.1, -0.05) is 30.3 Å². The number of carbonyl (C=O) groups is 5. The molecule has 1 aromatic heterocycles. The number of anilines is 1. The van der Waals surface area contributed by atoms with E-state index in [1.165, 1.54) is 33.8 Å². The number of halogens is 2. The number of thioether (sulfide) groups is 1. The summed E-state index contributed by atoms with van der Waals surface area (Å²) in [4.78, 5) is 80.6. The molecule has 18 heteroatoms. The normalized spacial score (nSPS) is 21.1. The molecule has 0 spiro atoms. The third-order valence-electron chi connectivity index (χ3n) is 9.39. The number of aromatic nitrogens is 1. The minimum Gasteiger partial charge on any atom is -0.477 e. The summed E-state index contributed by atoms with van der Waals surface area (Å²) in [5.41, 5.74) is 6.05. The summed E-state index contributed by atoms with van der Waals surface area (Å²) in [7, 11) is 0. The van der Waals surface area contributed by atoms with Crippen LogP contribution in [0.3, 0.4) is 0 Å². The Hall–Kier alpha value is -4.87. The number of piperazine rings is 1. The Balaban J connectivity index is 0.00000523. The van der Waals surface area contributed by atoms with E-state index < -0.39 is 81.7 Å². The predicted molar refractivity (Wildman–Crippen MR) is 191 cm³/mol. The SMILES string of the molecule is CCn1cc(C(=O)O)c(=O)c2cc(F)c(N3CCN(C(=O)OCOC(=O)[C@@H]4N5C(=O)[C@@H](NC(=O)C(N)c6ccccc6)[C@H]5SC4(C)C)CC3)cc21.Cl. The van der Waals surface area contributed by atoms with Crippen molar-refractivity contribution < 1.29 is 42.9 Å². The number of fused-ring (bicyclic) bond motifs is 2. The number of ether oxygens (including phenoxy) is 2. The van der Waals surface area contributed by atoms with Crippen LogP contribution in [0, 0.1) is 5.82 Å². The van der Waals surface area contributed by atoms with Crippen molar-refractivity contribution >= 4 is 70.6 Å². The summed E-state index contributed by atoms with van der Waals surface area (Å²) in [6.07, 6.45) is 0.487. The summed E-state index contributed by atoms with van der Waals surface area (Å²) in [6.45, 7) is 5.74. The van der Waals surface area contributed by atoms with Gasteiger partial charge in [0, 0.05) is 49.1 Å². The monoisotopic (exact) mass is 760 g/mol. The van der Waals surface area contributed by atoms with E-state index in [4.69, 9.17) is 15.2 Å². The van der Waals surface area contributed by atoms with Crippen molar-refractivity contribution in [2.45, 2.75) is 55.6 Å². The van der Waals surface area contributed by atoms with Crippen LogP contribution < -0.4 is 21.4 Å². The van der Waals surface area contributed by atoms with Gasteiger partial charge in [0.25, 0.3) is 0 Å². The molecule has 1 unspecified atom stereocenters. The Morgan fingerprint density at radius 1 is 1.08 bits per heavy atom. The fourth-order valence-corrected chi connectivity index (χ4v) is 8.30. The van der Waals surface area contributed by atoms with Crippen molar-refractivity contribution in [3.8, 4) is 0 Å². The molecule has 52 heavy (non-hydrogen) atoms. The molecule has 4 atom stereocenters. The highest BCUT2D eigenvalue weighted by Crippen LogP contribution is 2.51. The lowest BCUT2D eigenvalue weighted by Crippen LogP contribution is -2.71. The van der Waals surface area contributed by atoms with Gasteiger partial charge in [0.2, 0.25) is 24.0 Å². The molecule has 3 aliphatic rings. The average Bonchev–Trinajstić information content (AvgIpc) is 3.37. The highest BCUT2D eigenvalue weighted by Gasteiger charge is 2.64. The fraction of sp³-hybridized carbons (Fsp3) is 0.412. The molecular formula is C34H38ClFN6O9S. The maximum absolute atomic E-state index is 15.2. The molecule has 0 radical (unpaired) electrons. The van der Waals surface area contributed by atoms with E-state index in [0.717, 1.165) is 6.07 Å². The van der Waals surface area contributed by atoms with Crippen LogP contribution in [0.1, 0.15) is 42.7 Å². The van der Waals surface area contributed by atoms with Crippen LogP contribution in [0.2, 0.25) is 0 Å². The number of amides is 3. The number of hydrogen-bond donors (Lipinski definition) is 3. The fourth-order valence-electron chi connectivity index (χ4n) is 6.68. The number of carboxylic acid groups (broad SMARTS) is 1. The quantitative estimate of drug-likeness (QED) is 0.164. The summed E-state index contributed by atoms with van der Waals surface area (Å²) in [6, 6.07) is 8.46. The third-order valence-corrected chi connectivity index (χ3v) is 11.0. The molecule has 2 aromatic carbocycles. The van der Waals surface area contributed by atoms with Crippen molar-refractivity contribution in [1.82, 2.24) is 19.7 Å². The van der Waals surface area contributed by atoms with Crippen molar-refractivity contribution in [3.05, 3.63) is 75.8 Å². The van der Waals surface area contributed by atoms with Gasteiger partial charge in [0.05, 0.1) is 11.2 Å². The van der Waals surface area contributed by atoms with Gasteiger partial charge in [-0.15, -0.1) is 24.2 Å². The van der Waals surface area contributed by atoms with Crippen LogP contribution in [-0.2, 0) is 30.4 Å². The lowest BCUT2D eigenvalue weighted by molar-refractivity contribution is -0.169. The van der Waals surface area contributed by atoms with Crippen molar-refractivity contribution in [3.63, 3.8) is 0 Å². The first-order chi connectivity index (χ1) is 24.2. The molecule has 0 aliphatic carbocycles. The molecule has 278 valence electrons. The number of rotatable bonds is 9. The van der Waals surface area contributed by atoms with E-state index in [-0.39, 0.29) is 49.7 Å². The summed E-state index contributed by atoms with van der Waals surface area (Å²) in [5, 5.41) is 11.5. The van der Waals surface area contributed by atoms with Crippen LogP contribution in [-0.4, -0.2) is 104 Å². The Morgan fingerprint density at radius 3 is 2.38 bits per heavy atom. The number of esters is 1. The number of β-lactam (4-membered cyclic amide) rings is 1. The summed E-state index contributed by atoms with van der Waals surface area (Å²) in [5.74, 6) is -3.83. The molecule has 3 aliphatic heterocycles. The van der Waals surface area contributed by atoms with E-state index in [1.807, 2.05) is 0 Å². The Bertz CT molecular complexity index is 1970. The number of hydrogen-bond acceptors (Lipinski definition) is 11. The van der Waals surface area contributed by atoms with E-state index >= 15 is 4.39 Å². The van der Waals surface area contributed by atoms with Gasteiger partial charge in [0.1, 0.15) is 34.9 Å². The number of nitrogens with zero attached hydrogens (tertiary/aromatic N) is 4. The molecule has 3 saturated heterocycles. The van der Waals surface area contributed by atoms with Gasteiger partial charge in [-0.2, -0.15) is 0 Å². The highest BCUT2D eigenvalue weighted by atomic mass is 35.5. The number of benzene rings is 2. The van der Waals surface area contributed by atoms with Crippen molar-refractivity contribution in [2.24, 2.45) is 5.73 Å². The number of pyridine rings is 1. The molecule has 15 nitrogen and oxygen atoms in total. The second kappa shape index (κ2) is 15.0. The summed E-state index contributed by atoms with van der Waals surface area (Å²) >= 11 is 1.34. The molecule has 0 bridgehead atoms. The Labute approximate surface area is 307 Å². The van der Waals surface area contributed by atoms with E-state index in [1.54, 1.807) is 60.6 Å². The molecule has 3 aromatic rings. The minimum absolute atomic E-state index is 0. The Morgan fingerprint density at radius 2 is 1.75 bits per heavy atom. The standard InChI is InChI=1S/C34H37FN6O9S.ClH/c1-4-38-16-20(31(45)46)26(42)19-14-21(35)23(15-22(19)38)39-10-12-40(13-11-39)33(48)50-17-49-32(47)27-34(2,3)51-30-25(29(44)41(27)30)37-28(43)24(36)18-8-6-5-7-9-18;/h5-9,14-16,24-25,27,30H,4,10-13,17,36H2,1-3H3,(H,37,43)(H,45,46);1H/t24?,25-,27+,30-;/m1./s1. The van der Waals surface area contributed by atoms with Gasteiger partial charge in [-0.05, 0) is 38.5 Å². The number of aromatic carboxylic acids is 1. The van der Waals surface area contributed by atoms with E-state index in [9.17, 15) is 33.9 Å². The molecule has 0 saturated carbocycles. The van der Waals surface area contributed by atoms with Crippen LogP contribution >= 0.6 is 24.2 Å². The number of carboxylic acids is 1. The predicted octanol–water partition coefficient (Wildman–Crippen LogP) is 2.29. The van der Waals surface area contributed by atoms with Gasteiger partial charge in [-0.3, -0.25) is 14.4 Å². The van der Waals surface area contributed by atoms with Crippen molar-refractivity contribution in [1.29, 1.82) is 0 Å². The van der Waals surface area contributed by atoms with E-state index in [2.05, 4.69) is 5.32 Å². The maximum Gasteiger partial charge on any atom is 0.412 e. The van der Waals surface area contributed by atoms with Crippen LogP contribution in [0.15, 0.2) is 53.5 Å². The zero-order valence-electron chi connectivity index (χ0n) is 28.4. The zero-order valence-corrected chi connectivity index (χ0v) is 30.1. The van der Waals surface area contributed by atoms with Crippen LogP contribution in [0.5, 0.6) is 0 Å². The van der Waals surface area contributed by atoms with Crippen molar-refractivity contribution in [2.75, 3.05) is 37.9 Å². The van der Waals surface area contributed by atoms with Gasteiger partial charge in [-0.25, -0.2) is 18.8 Å².